The van der Waals surface area contributed by atoms with Gasteiger partial charge in [-0.25, -0.2) is 0 Å². The average Bonchev–Trinajstić information content (AvgIpc) is 2.81. The number of aryl methyl sites for hydroxylation is 1. The largest absolute Gasteiger partial charge is 0.504 e. The zero-order valence-electron chi connectivity index (χ0n) is 23.7. The van der Waals surface area contributed by atoms with Gasteiger partial charge < -0.3 is 21.0 Å². The van der Waals surface area contributed by atoms with Gasteiger partial charge in [-0.1, -0.05) is 70.0 Å². The van der Waals surface area contributed by atoms with Crippen LogP contribution in [0.1, 0.15) is 83.3 Å². The number of methoxy groups -OCH3 is 1. The summed E-state index contributed by atoms with van der Waals surface area (Å²) in [6, 6.07) is 12.4. The maximum absolute atomic E-state index is 11.3. The number of para-hydroxylation sites is 1. The van der Waals surface area contributed by atoms with Crippen molar-refractivity contribution in [2.24, 2.45) is 0 Å². The van der Waals surface area contributed by atoms with Gasteiger partial charge in [0.1, 0.15) is 18.5 Å². The monoisotopic (exact) mass is 569 g/mol. The molecule has 1 N–H and O–H groups in total. The Kier molecular flexibility index (Phi) is 15.0. The topological polar surface area (TPSA) is 38.7 Å². The van der Waals surface area contributed by atoms with Crippen molar-refractivity contribution in [3.8, 4) is 11.5 Å². The van der Waals surface area contributed by atoms with E-state index >= 15 is 0 Å². The first-order valence-electron chi connectivity index (χ1n) is 13.3. The summed E-state index contributed by atoms with van der Waals surface area (Å²) in [5, 5.41) is 13.5. The summed E-state index contributed by atoms with van der Waals surface area (Å²) in [7, 11) is 0.346. The van der Waals surface area contributed by atoms with Crippen LogP contribution in [0.2, 0.25) is 0 Å². The first-order valence-corrected chi connectivity index (χ1v) is 14.8. The number of phenolic OH excluding ortho intramolecular Hbond substituents is 1. The van der Waals surface area contributed by atoms with Crippen molar-refractivity contribution < 1.29 is 31.1 Å². The van der Waals surface area contributed by atoms with Crippen LogP contribution in [0.3, 0.4) is 0 Å². The van der Waals surface area contributed by atoms with Gasteiger partial charge >= 0.3 is 0 Å². The maximum Gasteiger partial charge on any atom is 0.174 e. The van der Waals surface area contributed by atoms with E-state index in [1.807, 2.05) is 18.2 Å². The number of ether oxygens (including phenoxy) is 2. The molecule has 4 rings (SSSR count). The minimum atomic E-state index is -1.38. The van der Waals surface area contributed by atoms with E-state index in [0.29, 0.717) is 5.75 Å². The van der Waals surface area contributed by atoms with Gasteiger partial charge in [0.15, 0.2) is 17.3 Å². The molecule has 1 aliphatic carbocycles. The van der Waals surface area contributed by atoms with Crippen molar-refractivity contribution in [1.82, 2.24) is 0 Å². The van der Waals surface area contributed by atoms with Crippen LogP contribution in [-0.2, 0) is 26.6 Å². The zero-order valence-corrected chi connectivity index (χ0v) is 25.7. The Morgan fingerprint density at radius 1 is 1.00 bits per heavy atom. The molecule has 0 spiro atoms. The number of phenols is 1. The number of aromatic hydroxyl groups is 1. The minimum Gasteiger partial charge on any atom is -0.504 e. The quantitative estimate of drug-likeness (QED) is 0.176. The molecular weight excluding hydrogens is 522 g/mol. The fourth-order valence-electron chi connectivity index (χ4n) is 4.93. The summed E-state index contributed by atoms with van der Waals surface area (Å²) in [6.07, 6.45) is 16.8. The number of allylic oxidation sites excluding steroid dienone is 2. The molecule has 2 unspecified atom stereocenters. The summed E-state index contributed by atoms with van der Waals surface area (Å²) in [4.78, 5) is 0. The number of hydrogen-bond acceptors (Lipinski definition) is 3. The third-order valence-corrected chi connectivity index (χ3v) is 10.1. The summed E-state index contributed by atoms with van der Waals surface area (Å²) in [5.74, 6) is 1.47. The second kappa shape index (κ2) is 16.5. The van der Waals surface area contributed by atoms with Crippen molar-refractivity contribution in [2.45, 2.75) is 90.3 Å². The van der Waals surface area contributed by atoms with Crippen LogP contribution < -0.4 is 15.3 Å². The molecule has 1 aliphatic heterocycles. The first-order chi connectivity index (χ1) is 16.8. The van der Waals surface area contributed by atoms with Gasteiger partial charge in [-0.05, 0) is 49.3 Å². The van der Waals surface area contributed by atoms with Crippen molar-refractivity contribution in [1.29, 1.82) is 0 Å². The molecule has 0 radical (unpaired) electrons. The van der Waals surface area contributed by atoms with Crippen molar-refractivity contribution in [3.05, 3.63) is 73.5 Å². The fourth-order valence-corrected chi connectivity index (χ4v) is 8.27. The Bertz CT molecular complexity index is 951. The van der Waals surface area contributed by atoms with Crippen LogP contribution in [0.4, 0.5) is 0 Å². The van der Waals surface area contributed by atoms with Crippen molar-refractivity contribution in [3.63, 3.8) is 0 Å². The van der Waals surface area contributed by atoms with E-state index in [1.165, 1.54) is 49.4 Å². The van der Waals surface area contributed by atoms with E-state index in [9.17, 15) is 5.11 Å². The second-order valence-corrected chi connectivity index (χ2v) is 13.2. The van der Waals surface area contributed by atoms with Gasteiger partial charge in [0.05, 0.1) is 13.7 Å². The number of hydrogen-bond donors (Lipinski definition) is 1. The summed E-state index contributed by atoms with van der Waals surface area (Å²) < 4.78 is 12.0. The SMILES string of the molecule is C1=C\CCC[CH-]CC/1.COc1cccc(C)c1[PH+](c1cccc(C(C)(C)C)c1O)C1CCCCO1.[CH3+].[Ni]. The predicted molar refractivity (Wildman–Crippen MR) is 159 cm³/mol. The molecule has 2 atom stereocenters. The molecule has 3 nitrogen and oxygen atoms in total. The third-order valence-electron chi connectivity index (χ3n) is 6.84. The molecular formula is C32H48NiO3P+. The van der Waals surface area contributed by atoms with Crippen LogP contribution in [0.15, 0.2) is 48.6 Å². The normalized spacial score (nSPS) is 19.4. The predicted octanol–water partition coefficient (Wildman–Crippen LogP) is 7.86. The molecule has 0 amide bonds. The summed E-state index contributed by atoms with van der Waals surface area (Å²) in [5.41, 5.74) is 2.08. The molecule has 2 aromatic carbocycles. The molecule has 5 heteroatoms. The van der Waals surface area contributed by atoms with Crippen molar-refractivity contribution >= 4 is 18.5 Å². The van der Waals surface area contributed by atoms with E-state index < -0.39 is 7.92 Å². The van der Waals surface area contributed by atoms with Crippen LogP contribution in [-0.4, -0.2) is 24.7 Å². The standard InChI is InChI=1S/C23H31O3P.C8H13.CH3.Ni/c1-16-10-8-12-18(25-5)22(16)27(20-14-6-7-15-26-20)19-13-9-11-17(21(19)24)23(2,3)4;1-2-4-6-8-7-5-3-1;;/h8-13,20,24H,6-7,14-15H2,1-5H3;1-2,7H,3-6,8H2;1H3;/q;-1;+1;/p+1/b;2-1-;;. The van der Waals surface area contributed by atoms with E-state index in [2.05, 4.69) is 64.5 Å². The number of benzene rings is 2. The summed E-state index contributed by atoms with van der Waals surface area (Å²) >= 11 is 0. The summed E-state index contributed by atoms with van der Waals surface area (Å²) in [6.45, 7) is 9.36. The molecule has 208 valence electrons. The molecule has 1 fully saturated rings. The molecule has 0 aromatic heterocycles. The van der Waals surface area contributed by atoms with Crippen LogP contribution in [0, 0.1) is 20.8 Å². The number of rotatable bonds is 4. The smallest absolute Gasteiger partial charge is 0.174 e. The Hall–Kier alpha value is -1.47. The van der Waals surface area contributed by atoms with Crippen molar-refractivity contribution in [2.75, 3.05) is 13.7 Å². The zero-order chi connectivity index (χ0) is 25.3. The Morgan fingerprint density at radius 3 is 2.41 bits per heavy atom. The average molecular weight is 570 g/mol. The van der Waals surface area contributed by atoms with Gasteiger partial charge in [0.2, 0.25) is 0 Å². The Balaban J connectivity index is 0.000000588. The van der Waals surface area contributed by atoms with Gasteiger partial charge in [0, 0.05) is 35.9 Å². The van der Waals surface area contributed by atoms with Gasteiger partial charge in [0.25, 0.3) is 0 Å². The first kappa shape index (κ1) is 33.6. The Morgan fingerprint density at radius 2 is 1.73 bits per heavy atom. The van der Waals surface area contributed by atoms with E-state index in [1.54, 1.807) is 7.11 Å². The van der Waals surface area contributed by atoms with Gasteiger partial charge in [-0.2, -0.15) is 12.8 Å². The third kappa shape index (κ3) is 9.35. The minimum absolute atomic E-state index is 0. The van der Waals surface area contributed by atoms with Crippen LogP contribution in [0.5, 0.6) is 11.5 Å². The second-order valence-electron chi connectivity index (χ2n) is 10.6. The molecule has 0 bridgehead atoms. The van der Waals surface area contributed by atoms with E-state index in [-0.39, 0.29) is 35.2 Å². The van der Waals surface area contributed by atoms with E-state index in [4.69, 9.17) is 9.47 Å². The van der Waals surface area contributed by atoms with E-state index in [0.717, 1.165) is 36.1 Å². The molecule has 1 saturated heterocycles. The Labute approximate surface area is 238 Å². The fraction of sp³-hybridized carbons (Fsp3) is 0.500. The van der Waals surface area contributed by atoms with Crippen LogP contribution in [0.25, 0.3) is 0 Å². The molecule has 2 aliphatic rings. The van der Waals surface area contributed by atoms with Crippen LogP contribution >= 0.6 is 7.92 Å². The maximum atomic E-state index is 11.3. The molecule has 37 heavy (non-hydrogen) atoms. The molecule has 0 saturated carbocycles. The van der Waals surface area contributed by atoms with Gasteiger partial charge in [-0.3, -0.25) is 0 Å². The molecule has 1 heterocycles. The molecule has 2 aromatic rings. The van der Waals surface area contributed by atoms with Gasteiger partial charge in [-0.15, -0.1) is 0 Å².